The van der Waals surface area contributed by atoms with E-state index in [0.29, 0.717) is 5.82 Å². The lowest BCUT2D eigenvalue weighted by Gasteiger charge is -2.16. The number of aliphatic carboxylic acids is 1. The van der Waals surface area contributed by atoms with Gasteiger partial charge in [0.2, 0.25) is 5.91 Å². The first kappa shape index (κ1) is 25.1. The van der Waals surface area contributed by atoms with E-state index in [2.05, 4.69) is 20.5 Å². The van der Waals surface area contributed by atoms with E-state index in [1.54, 1.807) is 40.2 Å². The van der Waals surface area contributed by atoms with E-state index in [4.69, 9.17) is 9.90 Å². The quantitative estimate of drug-likeness (QED) is 0.425. The molecule has 0 fully saturated rings. The number of amides is 1. The highest BCUT2D eigenvalue weighted by Crippen LogP contribution is 2.21. The first-order chi connectivity index (χ1) is 16.6. The summed E-state index contributed by atoms with van der Waals surface area (Å²) < 4.78 is 35.1. The van der Waals surface area contributed by atoms with Crippen LogP contribution in [-0.4, -0.2) is 47.7 Å². The van der Waals surface area contributed by atoms with Crippen LogP contribution in [0.1, 0.15) is 18.5 Å². The van der Waals surface area contributed by atoms with Crippen LogP contribution in [0.2, 0.25) is 0 Å². The summed E-state index contributed by atoms with van der Waals surface area (Å²) in [6.07, 6.45) is 1.85. The van der Waals surface area contributed by atoms with Gasteiger partial charge in [0.1, 0.15) is 12.4 Å². The zero-order chi connectivity index (χ0) is 25.4. The number of pyridine rings is 1. The van der Waals surface area contributed by atoms with Crippen molar-refractivity contribution in [1.29, 1.82) is 0 Å². The van der Waals surface area contributed by atoms with Gasteiger partial charge in [-0.2, -0.15) is 23.4 Å². The molecule has 4 aromatic rings. The van der Waals surface area contributed by atoms with E-state index < -0.39 is 12.1 Å². The molecule has 0 radical (unpaired) electrons. The molecule has 0 aliphatic rings. The average molecular weight is 486 g/mol. The maximum absolute atomic E-state index is 12.5. The third kappa shape index (κ3) is 7.00. The van der Waals surface area contributed by atoms with E-state index in [0.717, 1.165) is 16.8 Å². The second-order valence-corrected chi connectivity index (χ2v) is 7.24. The molecule has 0 aliphatic carbocycles. The number of aromatic nitrogens is 5. The molecule has 35 heavy (non-hydrogen) atoms. The summed E-state index contributed by atoms with van der Waals surface area (Å²) in [4.78, 5) is 25.5. The van der Waals surface area contributed by atoms with E-state index >= 15 is 0 Å². The number of alkyl halides is 3. The fraction of sp³-hybridized carbons (Fsp3) is 0.174. The van der Waals surface area contributed by atoms with Crippen molar-refractivity contribution in [3.8, 4) is 11.3 Å². The predicted molar refractivity (Wildman–Crippen MR) is 120 cm³/mol. The van der Waals surface area contributed by atoms with Crippen LogP contribution in [0.25, 0.3) is 11.3 Å². The van der Waals surface area contributed by atoms with E-state index in [1.165, 1.54) is 0 Å². The number of carboxylic acid groups (broad SMARTS) is 1. The molecule has 2 N–H and O–H groups in total. The number of rotatable bonds is 6. The van der Waals surface area contributed by atoms with Gasteiger partial charge in [0.25, 0.3) is 0 Å². The molecule has 0 saturated carbocycles. The predicted octanol–water partition coefficient (Wildman–Crippen LogP) is 4.02. The molecule has 4 rings (SSSR count). The van der Waals surface area contributed by atoms with Crippen LogP contribution in [-0.2, 0) is 16.1 Å². The first-order valence-corrected chi connectivity index (χ1v) is 10.3. The number of nitrogens with zero attached hydrogens (tertiary/aromatic N) is 5. The molecule has 1 amide bonds. The fourth-order valence-corrected chi connectivity index (χ4v) is 3.04. The van der Waals surface area contributed by atoms with Gasteiger partial charge < -0.3 is 10.4 Å². The molecule has 0 bridgehead atoms. The summed E-state index contributed by atoms with van der Waals surface area (Å²) in [6, 6.07) is 17.5. The molecule has 3 heterocycles. The van der Waals surface area contributed by atoms with Gasteiger partial charge in [-0.3, -0.25) is 14.5 Å². The van der Waals surface area contributed by atoms with E-state index in [9.17, 15) is 18.0 Å². The van der Waals surface area contributed by atoms with Crippen molar-refractivity contribution in [3.05, 3.63) is 84.9 Å². The molecule has 12 heteroatoms. The molecule has 3 aromatic heterocycles. The lowest BCUT2D eigenvalue weighted by Crippen LogP contribution is -2.22. The Morgan fingerprint density at radius 3 is 2.40 bits per heavy atom. The highest BCUT2D eigenvalue weighted by Gasteiger charge is 2.38. The Kier molecular flexibility index (Phi) is 7.97. The SMILES string of the molecule is CC(c1ccccc1)n1nccc1NC(=O)Cn1ccc(-c2cccnc2)n1.O=C(O)C(F)(F)F. The van der Waals surface area contributed by atoms with Gasteiger partial charge in [-0.1, -0.05) is 30.3 Å². The van der Waals surface area contributed by atoms with Gasteiger partial charge in [-0.15, -0.1) is 0 Å². The second kappa shape index (κ2) is 11.1. The number of halogens is 3. The van der Waals surface area contributed by atoms with E-state index in [1.807, 2.05) is 55.5 Å². The lowest BCUT2D eigenvalue weighted by molar-refractivity contribution is -0.192. The number of hydrogen-bond acceptors (Lipinski definition) is 5. The molecule has 0 spiro atoms. The van der Waals surface area contributed by atoms with Gasteiger partial charge in [-0.25, -0.2) is 9.48 Å². The minimum absolute atomic E-state index is 0.00777. The first-order valence-electron chi connectivity index (χ1n) is 10.3. The molecule has 1 unspecified atom stereocenters. The van der Waals surface area contributed by atoms with Gasteiger partial charge in [0, 0.05) is 30.2 Å². The Hall–Kier alpha value is -4.48. The Labute approximate surface area is 197 Å². The van der Waals surface area contributed by atoms with E-state index in [-0.39, 0.29) is 18.5 Å². The number of anilines is 1. The zero-order valence-corrected chi connectivity index (χ0v) is 18.4. The van der Waals surface area contributed by atoms with Crippen LogP contribution in [0.3, 0.4) is 0 Å². The highest BCUT2D eigenvalue weighted by molar-refractivity contribution is 5.89. The summed E-state index contributed by atoms with van der Waals surface area (Å²) in [5.41, 5.74) is 2.81. The van der Waals surface area contributed by atoms with Gasteiger partial charge in [0.15, 0.2) is 0 Å². The molecule has 0 aliphatic heterocycles. The monoisotopic (exact) mass is 486 g/mol. The van der Waals surface area contributed by atoms with Crippen LogP contribution in [0.5, 0.6) is 0 Å². The van der Waals surface area contributed by atoms with Crippen molar-refractivity contribution in [1.82, 2.24) is 24.5 Å². The number of nitrogens with one attached hydrogen (secondary N) is 1. The molecule has 9 nitrogen and oxygen atoms in total. The fourth-order valence-electron chi connectivity index (χ4n) is 3.04. The second-order valence-electron chi connectivity index (χ2n) is 7.24. The van der Waals surface area contributed by atoms with Crippen LogP contribution < -0.4 is 5.32 Å². The van der Waals surface area contributed by atoms with Crippen molar-refractivity contribution in [2.75, 3.05) is 5.32 Å². The normalized spacial score (nSPS) is 11.8. The smallest absolute Gasteiger partial charge is 0.475 e. The Bertz CT molecular complexity index is 1260. The molecule has 1 aromatic carbocycles. The number of hydrogen-bond donors (Lipinski definition) is 2. The van der Waals surface area contributed by atoms with Crippen molar-refractivity contribution < 1.29 is 27.9 Å². The largest absolute Gasteiger partial charge is 0.490 e. The summed E-state index contributed by atoms with van der Waals surface area (Å²) in [5, 5.41) is 18.9. The average Bonchev–Trinajstić information content (AvgIpc) is 3.49. The molecule has 0 saturated heterocycles. The maximum Gasteiger partial charge on any atom is 0.490 e. The molecule has 182 valence electrons. The standard InChI is InChI=1S/C21H20N6O.C2HF3O2/c1-16(17-6-3-2-4-7-17)27-20(9-12-23-27)24-21(28)15-26-13-10-19(25-26)18-8-5-11-22-14-18;3-2(4,5)1(6)7/h2-14,16H,15H2,1H3,(H,24,28);(H,6,7). The Balaban J connectivity index is 0.000000429. The third-order valence-electron chi connectivity index (χ3n) is 4.73. The minimum atomic E-state index is -5.08. The Morgan fingerprint density at radius 1 is 1.06 bits per heavy atom. The van der Waals surface area contributed by atoms with Gasteiger partial charge in [-0.05, 0) is 30.7 Å². The maximum atomic E-state index is 12.5. The van der Waals surface area contributed by atoms with Gasteiger partial charge >= 0.3 is 12.1 Å². The van der Waals surface area contributed by atoms with Crippen molar-refractivity contribution in [2.24, 2.45) is 0 Å². The highest BCUT2D eigenvalue weighted by atomic mass is 19.4. The molecule has 1 atom stereocenters. The van der Waals surface area contributed by atoms with Crippen LogP contribution >= 0.6 is 0 Å². The minimum Gasteiger partial charge on any atom is -0.475 e. The number of carboxylic acids is 1. The number of carbonyl (C=O) groups excluding carboxylic acids is 1. The summed E-state index contributed by atoms with van der Waals surface area (Å²) >= 11 is 0. The lowest BCUT2D eigenvalue weighted by atomic mass is 10.1. The van der Waals surface area contributed by atoms with Crippen LogP contribution in [0.4, 0.5) is 19.0 Å². The van der Waals surface area contributed by atoms with Crippen molar-refractivity contribution >= 4 is 17.7 Å². The van der Waals surface area contributed by atoms with Crippen LogP contribution in [0.15, 0.2) is 79.4 Å². The summed E-state index contributed by atoms with van der Waals surface area (Å²) in [7, 11) is 0. The van der Waals surface area contributed by atoms with Gasteiger partial charge in [0.05, 0.1) is 17.9 Å². The third-order valence-corrected chi connectivity index (χ3v) is 4.73. The molecular formula is C23H21F3N6O3. The van der Waals surface area contributed by atoms with Crippen molar-refractivity contribution in [2.45, 2.75) is 25.7 Å². The topological polar surface area (TPSA) is 115 Å². The number of benzene rings is 1. The molecular weight excluding hydrogens is 465 g/mol. The number of carbonyl (C=O) groups is 2. The van der Waals surface area contributed by atoms with Crippen LogP contribution in [0, 0.1) is 0 Å². The zero-order valence-electron chi connectivity index (χ0n) is 18.4. The Morgan fingerprint density at radius 2 is 1.77 bits per heavy atom. The van der Waals surface area contributed by atoms with Crippen molar-refractivity contribution in [3.63, 3.8) is 0 Å². The summed E-state index contributed by atoms with van der Waals surface area (Å²) in [5.74, 6) is -2.27. The summed E-state index contributed by atoms with van der Waals surface area (Å²) in [6.45, 7) is 2.16.